The number of hydrogen-bond donors (Lipinski definition) is 2. The van der Waals surface area contributed by atoms with E-state index in [0.29, 0.717) is 24.2 Å². The fourth-order valence-corrected chi connectivity index (χ4v) is 3.80. The molecule has 0 spiro atoms. The number of esters is 1. The highest BCUT2D eigenvalue weighted by Crippen LogP contribution is 2.32. The van der Waals surface area contributed by atoms with E-state index >= 15 is 0 Å². The lowest BCUT2D eigenvalue weighted by atomic mass is 9.97. The zero-order chi connectivity index (χ0) is 22.7. The molecule has 4 rings (SSSR count). The van der Waals surface area contributed by atoms with Gasteiger partial charge in [-0.3, -0.25) is 9.59 Å². The summed E-state index contributed by atoms with van der Waals surface area (Å²) in [7, 11) is 0. The molecule has 0 saturated heterocycles. The maximum Gasteiger partial charge on any atom is 0.310 e. The van der Waals surface area contributed by atoms with Gasteiger partial charge in [0.15, 0.2) is 0 Å². The lowest BCUT2D eigenvalue weighted by molar-refractivity contribution is -0.142. The summed E-state index contributed by atoms with van der Waals surface area (Å²) >= 11 is 0. The molecule has 0 aliphatic heterocycles. The van der Waals surface area contributed by atoms with Crippen LogP contribution in [0.5, 0.6) is 0 Å². The molecule has 7 heteroatoms. The Morgan fingerprint density at radius 2 is 1.88 bits per heavy atom. The molecule has 0 radical (unpaired) electrons. The number of fused-ring (bicyclic) bond motifs is 1. The van der Waals surface area contributed by atoms with E-state index < -0.39 is 5.91 Å². The Balaban J connectivity index is 1.92. The normalized spacial score (nSPS) is 10.9. The number of benzene rings is 3. The summed E-state index contributed by atoms with van der Waals surface area (Å²) in [5.74, 6) is -0.843. The largest absolute Gasteiger partial charge is 0.466 e. The summed E-state index contributed by atoms with van der Waals surface area (Å²) in [4.78, 5) is 24.2. The number of carbonyl (C=O) groups excluding carboxylic acids is 2. The second kappa shape index (κ2) is 9.03. The van der Waals surface area contributed by atoms with Gasteiger partial charge in [-0.15, -0.1) is 0 Å². The topological polar surface area (TPSA) is 113 Å². The van der Waals surface area contributed by atoms with Gasteiger partial charge in [0.25, 0.3) is 0 Å². The predicted molar refractivity (Wildman–Crippen MR) is 123 cm³/mol. The van der Waals surface area contributed by atoms with Crippen molar-refractivity contribution in [2.24, 2.45) is 11.5 Å². The lowest BCUT2D eigenvalue weighted by Crippen LogP contribution is -2.12. The summed E-state index contributed by atoms with van der Waals surface area (Å²) in [6, 6.07) is 18.8. The van der Waals surface area contributed by atoms with E-state index in [1.165, 1.54) is 0 Å². The summed E-state index contributed by atoms with van der Waals surface area (Å²) in [6.45, 7) is 2.50. The number of carbonyl (C=O) groups is 2. The number of ether oxygens (including phenoxy) is 1. The van der Waals surface area contributed by atoms with Gasteiger partial charge in [-0.05, 0) is 53.4 Å². The third-order valence-electron chi connectivity index (χ3n) is 5.31. The molecule has 0 bridgehead atoms. The third-order valence-corrected chi connectivity index (χ3v) is 5.31. The summed E-state index contributed by atoms with van der Waals surface area (Å²) in [5.41, 5.74) is 16.8. The Labute approximate surface area is 185 Å². The van der Waals surface area contributed by atoms with Crippen molar-refractivity contribution in [2.45, 2.75) is 19.9 Å². The van der Waals surface area contributed by atoms with Crippen LogP contribution in [0.4, 0.5) is 0 Å². The molecule has 1 aromatic heterocycles. The number of primary amides is 1. The molecule has 32 heavy (non-hydrogen) atoms. The smallest absolute Gasteiger partial charge is 0.310 e. The van der Waals surface area contributed by atoms with E-state index in [2.05, 4.69) is 5.10 Å². The quantitative estimate of drug-likeness (QED) is 0.438. The van der Waals surface area contributed by atoms with Gasteiger partial charge in [0.1, 0.15) is 0 Å². The number of aromatic nitrogens is 2. The minimum atomic E-state index is -0.532. The van der Waals surface area contributed by atoms with E-state index in [4.69, 9.17) is 16.2 Å². The van der Waals surface area contributed by atoms with Crippen LogP contribution in [0.25, 0.3) is 27.7 Å². The average molecular weight is 428 g/mol. The molecule has 0 aliphatic carbocycles. The van der Waals surface area contributed by atoms with Crippen LogP contribution in [0.1, 0.15) is 28.4 Å². The number of nitrogens with zero attached hydrogens (tertiary/aromatic N) is 2. The fraction of sp³-hybridized carbons (Fsp3) is 0.160. The molecule has 0 unspecified atom stereocenters. The predicted octanol–water partition coefficient (Wildman–Crippen LogP) is 3.36. The second-order valence-electron chi connectivity index (χ2n) is 7.39. The van der Waals surface area contributed by atoms with Crippen LogP contribution in [0.3, 0.4) is 0 Å². The highest BCUT2D eigenvalue weighted by Gasteiger charge is 2.17. The highest BCUT2D eigenvalue weighted by molar-refractivity contribution is 6.03. The summed E-state index contributed by atoms with van der Waals surface area (Å²) in [5, 5.41) is 5.45. The molecular formula is C25H24N4O3. The van der Waals surface area contributed by atoms with Gasteiger partial charge in [-0.25, -0.2) is 4.68 Å². The Hall–Kier alpha value is -3.97. The molecule has 4 N–H and O–H groups in total. The standard InChI is InChI=1S/C25H24N4O3/c1-2-32-24(30)13-18-7-3-4-9-22(18)29-23-12-19(25(27)31)11-20(21(23)15-28-29)17-8-5-6-16(10-17)14-26/h3-12,15H,2,13-14,26H2,1H3,(H2,27,31). The number of rotatable bonds is 7. The number of hydrogen-bond acceptors (Lipinski definition) is 5. The molecule has 0 atom stereocenters. The van der Waals surface area contributed by atoms with Crippen molar-refractivity contribution in [3.8, 4) is 16.8 Å². The van der Waals surface area contributed by atoms with E-state index in [0.717, 1.165) is 33.3 Å². The molecule has 7 nitrogen and oxygen atoms in total. The Bertz CT molecular complexity index is 1310. The van der Waals surface area contributed by atoms with Crippen molar-refractivity contribution in [3.63, 3.8) is 0 Å². The van der Waals surface area contributed by atoms with Gasteiger partial charge >= 0.3 is 5.97 Å². The Kier molecular flexibility index (Phi) is 6.00. The summed E-state index contributed by atoms with van der Waals surface area (Å²) in [6.07, 6.45) is 1.87. The van der Waals surface area contributed by atoms with Crippen molar-refractivity contribution < 1.29 is 14.3 Å². The molecule has 0 aliphatic rings. The second-order valence-corrected chi connectivity index (χ2v) is 7.39. The van der Waals surface area contributed by atoms with E-state index in [1.807, 2.05) is 48.5 Å². The molecule has 4 aromatic rings. The van der Waals surface area contributed by atoms with Crippen molar-refractivity contribution in [1.29, 1.82) is 0 Å². The van der Waals surface area contributed by atoms with Crippen molar-refractivity contribution in [3.05, 3.63) is 83.6 Å². The molecule has 1 heterocycles. The van der Waals surface area contributed by atoms with Gasteiger partial charge in [0.05, 0.1) is 30.4 Å². The van der Waals surface area contributed by atoms with Gasteiger partial charge in [0, 0.05) is 17.5 Å². The molecule has 0 saturated carbocycles. The first-order valence-corrected chi connectivity index (χ1v) is 10.4. The Morgan fingerprint density at radius 3 is 2.62 bits per heavy atom. The van der Waals surface area contributed by atoms with Gasteiger partial charge < -0.3 is 16.2 Å². The first kappa shape index (κ1) is 21.3. The SMILES string of the molecule is CCOC(=O)Cc1ccccc1-n1ncc2c(-c3cccc(CN)c3)cc(C(N)=O)cc21. The summed E-state index contributed by atoms with van der Waals surface area (Å²) < 4.78 is 6.84. The zero-order valence-electron chi connectivity index (χ0n) is 17.7. The van der Waals surface area contributed by atoms with Crippen LogP contribution in [0.2, 0.25) is 0 Å². The molecule has 1 amide bonds. The lowest BCUT2D eigenvalue weighted by Gasteiger charge is -2.12. The maximum atomic E-state index is 12.1. The zero-order valence-corrected chi connectivity index (χ0v) is 17.7. The third kappa shape index (κ3) is 4.10. The van der Waals surface area contributed by atoms with Gasteiger partial charge in [-0.2, -0.15) is 5.10 Å². The molecular weight excluding hydrogens is 404 g/mol. The van der Waals surface area contributed by atoms with Crippen LogP contribution in [-0.4, -0.2) is 28.3 Å². The van der Waals surface area contributed by atoms with Crippen LogP contribution in [-0.2, 0) is 22.5 Å². The molecule has 0 fully saturated rings. The average Bonchev–Trinajstić information content (AvgIpc) is 3.23. The van der Waals surface area contributed by atoms with Crippen LogP contribution in [0.15, 0.2) is 66.9 Å². The van der Waals surface area contributed by atoms with Crippen LogP contribution < -0.4 is 11.5 Å². The number of nitrogens with two attached hydrogens (primary N) is 2. The van der Waals surface area contributed by atoms with Gasteiger partial charge in [-0.1, -0.05) is 36.4 Å². The number of amides is 1. The minimum Gasteiger partial charge on any atom is -0.466 e. The van der Waals surface area contributed by atoms with E-state index in [-0.39, 0.29) is 12.4 Å². The van der Waals surface area contributed by atoms with Crippen molar-refractivity contribution >= 4 is 22.8 Å². The van der Waals surface area contributed by atoms with E-state index in [9.17, 15) is 9.59 Å². The monoisotopic (exact) mass is 428 g/mol. The first-order valence-electron chi connectivity index (χ1n) is 10.4. The van der Waals surface area contributed by atoms with Crippen molar-refractivity contribution in [2.75, 3.05) is 6.61 Å². The maximum absolute atomic E-state index is 12.1. The van der Waals surface area contributed by atoms with Crippen LogP contribution in [0, 0.1) is 0 Å². The van der Waals surface area contributed by atoms with E-state index in [1.54, 1.807) is 29.9 Å². The van der Waals surface area contributed by atoms with Crippen LogP contribution >= 0.6 is 0 Å². The first-order chi connectivity index (χ1) is 15.5. The fourth-order valence-electron chi connectivity index (χ4n) is 3.80. The van der Waals surface area contributed by atoms with Gasteiger partial charge in [0.2, 0.25) is 5.91 Å². The Morgan fingerprint density at radius 1 is 1.06 bits per heavy atom. The molecule has 3 aromatic carbocycles. The van der Waals surface area contributed by atoms with Crippen molar-refractivity contribution in [1.82, 2.24) is 9.78 Å². The minimum absolute atomic E-state index is 0.117. The highest BCUT2D eigenvalue weighted by atomic mass is 16.5. The molecule has 162 valence electrons. The number of para-hydroxylation sites is 1.